The predicted octanol–water partition coefficient (Wildman–Crippen LogP) is 2.67. The van der Waals surface area contributed by atoms with Crippen LogP contribution in [0.5, 0.6) is 11.6 Å². The van der Waals surface area contributed by atoms with Crippen LogP contribution in [-0.2, 0) is 6.54 Å². The van der Waals surface area contributed by atoms with E-state index in [0.717, 1.165) is 4.57 Å². The molecular weight excluding hydrogens is 332 g/mol. The molecule has 24 heavy (non-hydrogen) atoms. The molecule has 1 aromatic carbocycles. The normalized spacial score (nSPS) is 10.2. The highest BCUT2D eigenvalue weighted by molar-refractivity contribution is 6.32. The van der Waals surface area contributed by atoms with Gasteiger partial charge in [0.25, 0.3) is 5.56 Å². The van der Waals surface area contributed by atoms with Crippen molar-refractivity contribution < 1.29 is 14.6 Å². The molecular formula is C17H15ClN2O4. The van der Waals surface area contributed by atoms with Crippen LogP contribution in [-0.4, -0.2) is 22.1 Å². The van der Waals surface area contributed by atoms with E-state index in [-0.39, 0.29) is 29.8 Å². The van der Waals surface area contributed by atoms with Gasteiger partial charge in [-0.1, -0.05) is 23.7 Å². The van der Waals surface area contributed by atoms with E-state index in [2.05, 4.69) is 0 Å². The number of carbonyl (C=O) groups excluding carboxylic acids is 1. The molecule has 1 N–H and O–H groups in total. The van der Waals surface area contributed by atoms with Crippen molar-refractivity contribution in [3.63, 3.8) is 0 Å². The molecule has 6 nitrogen and oxygen atoms in total. The third-order valence-electron chi connectivity index (χ3n) is 3.59. The van der Waals surface area contributed by atoms with E-state index in [1.807, 2.05) is 0 Å². The molecule has 0 saturated carbocycles. The van der Waals surface area contributed by atoms with Crippen molar-refractivity contribution in [1.29, 1.82) is 5.26 Å². The Hall–Kier alpha value is -2.78. The monoisotopic (exact) mass is 346 g/mol. The van der Waals surface area contributed by atoms with Crippen molar-refractivity contribution in [2.75, 3.05) is 6.61 Å². The molecule has 0 fully saturated rings. The first-order valence-corrected chi connectivity index (χ1v) is 7.57. The zero-order chi connectivity index (χ0) is 17.9. The van der Waals surface area contributed by atoms with Gasteiger partial charge in [0.05, 0.1) is 10.6 Å². The number of ether oxygens (including phenoxy) is 1. The van der Waals surface area contributed by atoms with Crippen molar-refractivity contribution in [2.24, 2.45) is 0 Å². The quantitative estimate of drug-likeness (QED) is 0.840. The smallest absolute Gasteiger partial charge is 0.271 e. The van der Waals surface area contributed by atoms with Gasteiger partial charge in [-0.3, -0.25) is 14.2 Å². The highest BCUT2D eigenvalue weighted by Crippen LogP contribution is 2.25. The van der Waals surface area contributed by atoms with E-state index in [4.69, 9.17) is 21.6 Å². The molecule has 124 valence electrons. The fourth-order valence-electron chi connectivity index (χ4n) is 2.36. The predicted molar refractivity (Wildman–Crippen MR) is 88.8 cm³/mol. The Kier molecular flexibility index (Phi) is 5.27. The van der Waals surface area contributed by atoms with Gasteiger partial charge in [-0.15, -0.1) is 0 Å². The van der Waals surface area contributed by atoms with Crippen LogP contribution in [0.4, 0.5) is 0 Å². The van der Waals surface area contributed by atoms with Crippen molar-refractivity contribution >= 4 is 17.4 Å². The maximum absolute atomic E-state index is 12.5. The average molecular weight is 347 g/mol. The van der Waals surface area contributed by atoms with Gasteiger partial charge in [-0.05, 0) is 31.5 Å². The van der Waals surface area contributed by atoms with Gasteiger partial charge in [-0.25, -0.2) is 0 Å². The maximum atomic E-state index is 12.5. The molecule has 0 saturated heterocycles. The Bertz CT molecular complexity index is 897. The zero-order valence-electron chi connectivity index (χ0n) is 13.2. The number of benzene rings is 1. The van der Waals surface area contributed by atoms with E-state index in [1.54, 1.807) is 37.3 Å². The van der Waals surface area contributed by atoms with Crippen LogP contribution in [0.15, 0.2) is 29.1 Å². The number of Topliss-reactive ketones (excluding diaryl/α,β-unsaturated/α-hetero) is 1. The average Bonchev–Trinajstić information content (AvgIpc) is 2.55. The van der Waals surface area contributed by atoms with E-state index < -0.39 is 17.2 Å². The summed E-state index contributed by atoms with van der Waals surface area (Å²) in [6.45, 7) is 2.82. The number of aromatic hydroxyl groups is 1. The van der Waals surface area contributed by atoms with E-state index in [1.165, 1.54) is 6.92 Å². The minimum Gasteiger partial charge on any atom is -0.494 e. The number of pyridine rings is 1. The number of nitrogens with zero attached hydrogens (tertiary/aromatic N) is 2. The molecule has 0 amide bonds. The Morgan fingerprint density at radius 1 is 1.42 bits per heavy atom. The molecule has 2 aromatic rings. The van der Waals surface area contributed by atoms with Crippen LogP contribution in [0.25, 0.3) is 0 Å². The van der Waals surface area contributed by atoms with Crippen molar-refractivity contribution in [3.05, 3.63) is 56.3 Å². The van der Waals surface area contributed by atoms with Crippen LogP contribution in [0.2, 0.25) is 5.02 Å². The number of aromatic nitrogens is 1. The van der Waals surface area contributed by atoms with E-state index >= 15 is 0 Å². The summed E-state index contributed by atoms with van der Waals surface area (Å²) in [5, 5.41) is 19.7. The summed E-state index contributed by atoms with van der Waals surface area (Å²) in [5.41, 5.74) is -0.758. The van der Waals surface area contributed by atoms with Crippen LogP contribution in [0.1, 0.15) is 28.4 Å². The lowest BCUT2D eigenvalue weighted by Gasteiger charge is -2.14. The second kappa shape index (κ2) is 7.20. The summed E-state index contributed by atoms with van der Waals surface area (Å²) in [5.74, 6) is -0.690. The number of rotatable bonds is 5. The molecule has 0 aliphatic rings. The van der Waals surface area contributed by atoms with Gasteiger partial charge in [0.2, 0.25) is 11.7 Å². The van der Waals surface area contributed by atoms with E-state index in [0.29, 0.717) is 10.8 Å². The zero-order valence-corrected chi connectivity index (χ0v) is 13.9. The first kappa shape index (κ1) is 17.6. The number of carbonyl (C=O) groups is 1. The standard InChI is InChI=1S/C17H15ClN2O4/c1-3-20-16(22)11(8-19)10(2)15(17(20)23)13(21)9-24-14-7-5-4-6-12(14)18/h4-7,23H,3,9H2,1-2H3. The topological polar surface area (TPSA) is 92.3 Å². The minimum absolute atomic E-state index is 0.0972. The first-order valence-electron chi connectivity index (χ1n) is 7.19. The SMILES string of the molecule is CCn1c(O)c(C(=O)COc2ccccc2Cl)c(C)c(C#N)c1=O. The summed E-state index contributed by atoms with van der Waals surface area (Å²) in [6, 6.07) is 8.45. The second-order valence-corrected chi connectivity index (χ2v) is 5.41. The van der Waals surface area contributed by atoms with Crippen molar-refractivity contribution in [3.8, 4) is 17.7 Å². The highest BCUT2D eigenvalue weighted by Gasteiger charge is 2.23. The maximum Gasteiger partial charge on any atom is 0.271 e. The van der Waals surface area contributed by atoms with Crippen LogP contribution < -0.4 is 10.3 Å². The minimum atomic E-state index is -0.626. The lowest BCUT2D eigenvalue weighted by atomic mass is 10.0. The molecule has 0 unspecified atom stereocenters. The van der Waals surface area contributed by atoms with Gasteiger partial charge >= 0.3 is 0 Å². The summed E-state index contributed by atoms with van der Waals surface area (Å²) in [4.78, 5) is 24.6. The summed E-state index contributed by atoms with van der Waals surface area (Å²) in [6.07, 6.45) is 0. The Balaban J connectivity index is 2.41. The molecule has 0 aliphatic carbocycles. The Morgan fingerprint density at radius 3 is 2.67 bits per heavy atom. The van der Waals surface area contributed by atoms with Gasteiger partial charge in [-0.2, -0.15) is 5.26 Å². The molecule has 0 aliphatic heterocycles. The number of hydrogen-bond acceptors (Lipinski definition) is 5. The van der Waals surface area contributed by atoms with Crippen LogP contribution >= 0.6 is 11.6 Å². The van der Waals surface area contributed by atoms with Crippen LogP contribution in [0.3, 0.4) is 0 Å². The fourth-order valence-corrected chi connectivity index (χ4v) is 2.55. The molecule has 0 spiro atoms. The van der Waals surface area contributed by atoms with Crippen molar-refractivity contribution in [1.82, 2.24) is 4.57 Å². The number of para-hydroxylation sites is 1. The molecule has 7 heteroatoms. The lowest BCUT2D eigenvalue weighted by Crippen LogP contribution is -2.27. The molecule has 1 heterocycles. The number of ketones is 1. The molecule has 0 atom stereocenters. The number of nitriles is 1. The first-order chi connectivity index (χ1) is 11.4. The van der Waals surface area contributed by atoms with Crippen molar-refractivity contribution in [2.45, 2.75) is 20.4 Å². The molecule has 0 bridgehead atoms. The molecule has 1 aromatic heterocycles. The molecule has 0 radical (unpaired) electrons. The third-order valence-corrected chi connectivity index (χ3v) is 3.90. The number of halogens is 1. The van der Waals surface area contributed by atoms with Gasteiger partial charge in [0, 0.05) is 6.54 Å². The van der Waals surface area contributed by atoms with Gasteiger partial charge in [0.15, 0.2) is 6.61 Å². The Labute approximate surface area is 143 Å². The summed E-state index contributed by atoms with van der Waals surface area (Å²) in [7, 11) is 0. The third kappa shape index (κ3) is 3.12. The van der Waals surface area contributed by atoms with E-state index in [9.17, 15) is 14.7 Å². The Morgan fingerprint density at radius 2 is 2.08 bits per heavy atom. The second-order valence-electron chi connectivity index (χ2n) is 5.00. The molecule has 2 rings (SSSR count). The van der Waals surface area contributed by atoms with Gasteiger partial charge in [0.1, 0.15) is 17.4 Å². The summed E-state index contributed by atoms with van der Waals surface area (Å²) < 4.78 is 6.36. The number of hydrogen-bond donors (Lipinski definition) is 1. The van der Waals surface area contributed by atoms with Crippen LogP contribution in [0, 0.1) is 18.3 Å². The summed E-state index contributed by atoms with van der Waals surface area (Å²) >= 11 is 5.96. The van der Waals surface area contributed by atoms with Gasteiger partial charge < -0.3 is 9.84 Å². The highest BCUT2D eigenvalue weighted by atomic mass is 35.5. The fraction of sp³-hybridized carbons (Fsp3) is 0.235. The lowest BCUT2D eigenvalue weighted by molar-refractivity contribution is 0.0916. The largest absolute Gasteiger partial charge is 0.494 e.